The molecule has 0 saturated carbocycles. The molecule has 33 heavy (non-hydrogen) atoms. The molecule has 2 heterocycles. The molecule has 1 saturated heterocycles. The van der Waals surface area contributed by atoms with Gasteiger partial charge in [-0.2, -0.15) is 0 Å². The zero-order valence-corrected chi connectivity index (χ0v) is 19.1. The van der Waals surface area contributed by atoms with Crippen molar-refractivity contribution in [3.63, 3.8) is 0 Å². The van der Waals surface area contributed by atoms with Gasteiger partial charge in [-0.25, -0.2) is 22.5 Å². The van der Waals surface area contributed by atoms with E-state index in [0.29, 0.717) is 5.56 Å². The average Bonchev–Trinajstić information content (AvgIpc) is 2.84. The van der Waals surface area contributed by atoms with Crippen molar-refractivity contribution in [2.24, 2.45) is 0 Å². The van der Waals surface area contributed by atoms with Crippen LogP contribution in [-0.2, 0) is 16.6 Å². The molecule has 0 bridgehead atoms. The maximum absolute atomic E-state index is 13.2. The summed E-state index contributed by atoms with van der Waals surface area (Å²) in [4.78, 5) is 20.3. The summed E-state index contributed by atoms with van der Waals surface area (Å²) in [5.74, 6) is 0.424. The minimum atomic E-state index is -3.71. The number of halogens is 1. The van der Waals surface area contributed by atoms with Crippen molar-refractivity contribution in [2.45, 2.75) is 18.4 Å². The lowest BCUT2D eigenvalue weighted by atomic mass is 10.2. The first-order chi connectivity index (χ1) is 15.8. The summed E-state index contributed by atoms with van der Waals surface area (Å²) in [7, 11) is -3.71. The van der Waals surface area contributed by atoms with Gasteiger partial charge in [0.2, 0.25) is 10.0 Å². The van der Waals surface area contributed by atoms with Crippen molar-refractivity contribution >= 4 is 27.3 Å². The number of nitrogens with one attached hydrogen (secondary N) is 1. The Morgan fingerprint density at radius 2 is 1.61 bits per heavy atom. The number of pyridine rings is 1. The molecule has 1 fully saturated rings. The summed E-state index contributed by atoms with van der Waals surface area (Å²) in [6.07, 6.45) is 1.67. The monoisotopic (exact) mass is 468 g/mol. The van der Waals surface area contributed by atoms with Gasteiger partial charge in [0.15, 0.2) is 5.78 Å². The number of hydrogen-bond donors (Lipinski definition) is 1. The number of benzene rings is 2. The summed E-state index contributed by atoms with van der Waals surface area (Å²) >= 11 is 0. The number of sulfonamides is 1. The fourth-order valence-corrected chi connectivity index (χ4v) is 4.74. The van der Waals surface area contributed by atoms with E-state index in [2.05, 4.69) is 19.5 Å². The lowest BCUT2D eigenvalue weighted by Crippen LogP contribution is -2.46. The lowest BCUT2D eigenvalue weighted by molar-refractivity contribution is 0.101. The Kier molecular flexibility index (Phi) is 6.71. The standard InChI is InChI=1S/C24H25FN4O3S/c1-18(30)20-2-8-23(9-3-20)33(31,32)27-17-19-10-11-26-24(16-19)29-14-12-28(13-15-29)22-6-4-21(25)5-7-22/h2-11,16,27H,12-15,17H2,1H3. The van der Waals surface area contributed by atoms with Gasteiger partial charge >= 0.3 is 0 Å². The van der Waals surface area contributed by atoms with Crippen LogP contribution in [0.3, 0.4) is 0 Å². The highest BCUT2D eigenvalue weighted by Gasteiger charge is 2.19. The molecule has 1 N–H and O–H groups in total. The molecule has 0 spiro atoms. The average molecular weight is 469 g/mol. The van der Waals surface area contributed by atoms with Crippen LogP contribution in [0.25, 0.3) is 0 Å². The number of Topliss-reactive ketones (excluding diaryl/α,β-unsaturated/α-hetero) is 1. The van der Waals surface area contributed by atoms with E-state index in [1.807, 2.05) is 6.07 Å². The molecular formula is C24H25FN4O3S. The minimum absolute atomic E-state index is 0.110. The molecule has 4 rings (SSSR count). The fourth-order valence-electron chi connectivity index (χ4n) is 3.72. The van der Waals surface area contributed by atoms with Crippen molar-refractivity contribution in [2.75, 3.05) is 36.0 Å². The van der Waals surface area contributed by atoms with E-state index >= 15 is 0 Å². The zero-order valence-electron chi connectivity index (χ0n) is 18.2. The van der Waals surface area contributed by atoms with E-state index in [1.165, 1.54) is 43.3 Å². The van der Waals surface area contributed by atoms with Crippen molar-refractivity contribution in [3.05, 3.63) is 83.8 Å². The second-order valence-corrected chi connectivity index (χ2v) is 9.64. The highest BCUT2D eigenvalue weighted by Crippen LogP contribution is 2.20. The smallest absolute Gasteiger partial charge is 0.240 e. The second-order valence-electron chi connectivity index (χ2n) is 7.88. The third kappa shape index (κ3) is 5.55. The van der Waals surface area contributed by atoms with Gasteiger partial charge in [-0.05, 0) is 61.0 Å². The predicted molar refractivity (Wildman–Crippen MR) is 126 cm³/mol. The first-order valence-electron chi connectivity index (χ1n) is 10.6. The number of hydrogen-bond acceptors (Lipinski definition) is 6. The van der Waals surface area contributed by atoms with Crippen LogP contribution in [-0.4, -0.2) is 45.4 Å². The van der Waals surface area contributed by atoms with E-state index in [0.717, 1.165) is 43.2 Å². The van der Waals surface area contributed by atoms with Gasteiger partial charge < -0.3 is 9.80 Å². The highest BCUT2D eigenvalue weighted by molar-refractivity contribution is 7.89. The molecule has 1 aliphatic heterocycles. The molecule has 172 valence electrons. The topological polar surface area (TPSA) is 82.6 Å². The Hall–Kier alpha value is -3.30. The summed E-state index contributed by atoms with van der Waals surface area (Å²) < 4.78 is 41.0. The lowest BCUT2D eigenvalue weighted by Gasteiger charge is -2.36. The van der Waals surface area contributed by atoms with Crippen LogP contribution in [0, 0.1) is 5.82 Å². The molecular weight excluding hydrogens is 443 g/mol. The quantitative estimate of drug-likeness (QED) is 0.536. The van der Waals surface area contributed by atoms with Crippen LogP contribution >= 0.6 is 0 Å². The van der Waals surface area contributed by atoms with Gasteiger partial charge in [0.25, 0.3) is 0 Å². The third-order valence-corrected chi connectivity index (χ3v) is 7.06. The number of rotatable bonds is 7. The maximum Gasteiger partial charge on any atom is 0.240 e. The van der Waals surface area contributed by atoms with Crippen molar-refractivity contribution in [1.29, 1.82) is 0 Å². The van der Waals surface area contributed by atoms with Crippen molar-refractivity contribution < 1.29 is 17.6 Å². The van der Waals surface area contributed by atoms with Crippen LogP contribution in [0.4, 0.5) is 15.9 Å². The molecule has 1 aromatic heterocycles. The maximum atomic E-state index is 13.2. The second kappa shape index (κ2) is 9.68. The highest BCUT2D eigenvalue weighted by atomic mass is 32.2. The van der Waals surface area contributed by atoms with Gasteiger partial charge in [0.05, 0.1) is 4.90 Å². The number of ketones is 1. The number of nitrogens with zero attached hydrogens (tertiary/aromatic N) is 3. The Bertz CT molecular complexity index is 1220. The van der Waals surface area contributed by atoms with Crippen LogP contribution in [0.15, 0.2) is 71.8 Å². The van der Waals surface area contributed by atoms with Crippen LogP contribution in [0.2, 0.25) is 0 Å². The van der Waals surface area contributed by atoms with E-state index in [1.54, 1.807) is 24.4 Å². The number of carbonyl (C=O) groups is 1. The van der Waals surface area contributed by atoms with E-state index in [4.69, 9.17) is 0 Å². The SMILES string of the molecule is CC(=O)c1ccc(S(=O)(=O)NCc2ccnc(N3CCN(c4ccc(F)cc4)CC3)c2)cc1. The molecule has 1 aliphatic rings. The molecule has 0 aliphatic carbocycles. The number of carbonyl (C=O) groups excluding carboxylic acids is 1. The van der Waals surface area contributed by atoms with Crippen LogP contribution in [0.1, 0.15) is 22.8 Å². The van der Waals surface area contributed by atoms with Gasteiger partial charge in [0, 0.05) is 50.2 Å². The number of piperazine rings is 1. The van der Waals surface area contributed by atoms with E-state index in [-0.39, 0.29) is 23.0 Å². The summed E-state index contributed by atoms with van der Waals surface area (Å²) in [6, 6.07) is 16.0. The van der Waals surface area contributed by atoms with Gasteiger partial charge in [0.1, 0.15) is 11.6 Å². The Morgan fingerprint density at radius 1 is 0.970 bits per heavy atom. The first-order valence-corrected chi connectivity index (χ1v) is 12.1. The third-order valence-electron chi connectivity index (χ3n) is 5.64. The largest absolute Gasteiger partial charge is 0.368 e. The molecule has 7 nitrogen and oxygen atoms in total. The predicted octanol–water partition coefficient (Wildman–Crippen LogP) is 3.23. The normalized spacial score (nSPS) is 14.4. The zero-order chi connectivity index (χ0) is 23.4. The molecule has 3 aromatic rings. The van der Waals surface area contributed by atoms with Crippen LogP contribution in [0.5, 0.6) is 0 Å². The molecule has 9 heteroatoms. The van der Waals surface area contributed by atoms with Gasteiger partial charge in [-0.3, -0.25) is 4.79 Å². The fraction of sp³-hybridized carbons (Fsp3) is 0.250. The van der Waals surface area contributed by atoms with Crippen LogP contribution < -0.4 is 14.5 Å². The van der Waals surface area contributed by atoms with Crippen molar-refractivity contribution in [1.82, 2.24) is 9.71 Å². The number of aromatic nitrogens is 1. The van der Waals surface area contributed by atoms with Crippen molar-refractivity contribution in [3.8, 4) is 0 Å². The van der Waals surface area contributed by atoms with E-state index < -0.39 is 10.0 Å². The molecule has 0 radical (unpaired) electrons. The van der Waals surface area contributed by atoms with Gasteiger partial charge in [-0.15, -0.1) is 0 Å². The Balaban J connectivity index is 1.37. The van der Waals surface area contributed by atoms with E-state index in [9.17, 15) is 17.6 Å². The summed E-state index contributed by atoms with van der Waals surface area (Å²) in [6.45, 7) is 4.62. The first kappa shape index (κ1) is 22.9. The summed E-state index contributed by atoms with van der Waals surface area (Å²) in [5.41, 5.74) is 2.25. The Labute approximate surface area is 192 Å². The minimum Gasteiger partial charge on any atom is -0.368 e. The molecule has 0 unspecified atom stereocenters. The van der Waals surface area contributed by atoms with Gasteiger partial charge in [-0.1, -0.05) is 12.1 Å². The molecule has 0 atom stereocenters. The number of anilines is 2. The Morgan fingerprint density at radius 3 is 2.24 bits per heavy atom. The summed E-state index contributed by atoms with van der Waals surface area (Å²) in [5, 5.41) is 0. The molecule has 0 amide bonds. The molecule has 2 aromatic carbocycles.